The van der Waals surface area contributed by atoms with Gasteiger partial charge < -0.3 is 10.2 Å². The Morgan fingerprint density at radius 3 is 2.50 bits per heavy atom. The fourth-order valence-corrected chi connectivity index (χ4v) is 0.994. The average Bonchev–Trinajstić information content (AvgIpc) is 2.16. The van der Waals surface area contributed by atoms with Crippen LogP contribution in [0.1, 0.15) is 22.2 Å². The molecule has 1 rings (SSSR count). The number of hydrogen-bond acceptors (Lipinski definition) is 5. The van der Waals surface area contributed by atoms with Crippen molar-refractivity contribution in [3.63, 3.8) is 0 Å². The lowest BCUT2D eigenvalue weighted by atomic mass is 10.1. The van der Waals surface area contributed by atoms with Crippen molar-refractivity contribution in [2.45, 2.75) is 6.29 Å². The van der Waals surface area contributed by atoms with Crippen LogP contribution in [0.4, 0.5) is 5.69 Å². The van der Waals surface area contributed by atoms with Crippen LogP contribution < -0.4 is 0 Å². The lowest BCUT2D eigenvalue weighted by Crippen LogP contribution is -1.99. The van der Waals surface area contributed by atoms with E-state index in [1.54, 1.807) is 0 Å². The summed E-state index contributed by atoms with van der Waals surface area (Å²) in [4.78, 5) is 20.1. The monoisotopic (exact) mass is 197 g/mol. The number of rotatable bonds is 3. The molecule has 0 fully saturated rings. The number of carbonyl (C=O) groups excluding carboxylic acids is 1. The number of aliphatic hydroxyl groups excluding tert-OH is 1. The third kappa shape index (κ3) is 1.93. The molecular formula is C8H7NO5. The van der Waals surface area contributed by atoms with Crippen LogP contribution in [0.15, 0.2) is 18.2 Å². The van der Waals surface area contributed by atoms with Gasteiger partial charge in [-0.3, -0.25) is 14.9 Å². The maximum Gasteiger partial charge on any atom is 0.279 e. The molecule has 0 spiro atoms. The molecule has 0 amide bonds. The molecular weight excluding hydrogens is 190 g/mol. The van der Waals surface area contributed by atoms with Gasteiger partial charge in [-0.15, -0.1) is 0 Å². The quantitative estimate of drug-likeness (QED) is 0.316. The molecule has 14 heavy (non-hydrogen) atoms. The zero-order chi connectivity index (χ0) is 10.7. The van der Waals surface area contributed by atoms with Crippen LogP contribution in [0, 0.1) is 10.1 Å². The number of hydrogen-bond donors (Lipinski definition) is 2. The second-order valence-corrected chi connectivity index (χ2v) is 2.57. The highest BCUT2D eigenvalue weighted by molar-refractivity contribution is 5.81. The van der Waals surface area contributed by atoms with Crippen molar-refractivity contribution in [2.24, 2.45) is 0 Å². The fourth-order valence-electron chi connectivity index (χ4n) is 0.994. The summed E-state index contributed by atoms with van der Waals surface area (Å²) in [7, 11) is 0. The van der Waals surface area contributed by atoms with Crippen molar-refractivity contribution in [3.8, 4) is 0 Å². The van der Waals surface area contributed by atoms with Gasteiger partial charge >= 0.3 is 0 Å². The third-order valence-electron chi connectivity index (χ3n) is 1.67. The van der Waals surface area contributed by atoms with Gasteiger partial charge in [-0.05, 0) is 12.1 Å². The predicted octanol–water partition coefficient (Wildman–Crippen LogP) is 0.390. The molecule has 0 bridgehead atoms. The summed E-state index contributed by atoms with van der Waals surface area (Å²) in [6.07, 6.45) is -1.45. The second kappa shape index (κ2) is 3.95. The van der Waals surface area contributed by atoms with Gasteiger partial charge in [0.2, 0.25) is 0 Å². The number of aldehydes is 1. The van der Waals surface area contributed by atoms with Crippen LogP contribution in [0.5, 0.6) is 0 Å². The summed E-state index contributed by atoms with van der Waals surface area (Å²) >= 11 is 0. The molecule has 74 valence electrons. The molecule has 6 nitrogen and oxygen atoms in total. The molecule has 0 aromatic heterocycles. The van der Waals surface area contributed by atoms with E-state index in [9.17, 15) is 14.9 Å². The van der Waals surface area contributed by atoms with Crippen LogP contribution in [-0.2, 0) is 0 Å². The first kappa shape index (κ1) is 10.3. The Balaban J connectivity index is 3.25. The number of nitro benzene ring substituents is 1. The topological polar surface area (TPSA) is 101 Å². The summed E-state index contributed by atoms with van der Waals surface area (Å²) < 4.78 is 0. The molecule has 0 aliphatic rings. The molecule has 0 heterocycles. The van der Waals surface area contributed by atoms with E-state index >= 15 is 0 Å². The second-order valence-electron chi connectivity index (χ2n) is 2.57. The summed E-state index contributed by atoms with van der Waals surface area (Å²) in [6.45, 7) is 0. The Labute approximate surface area is 78.6 Å². The van der Waals surface area contributed by atoms with Gasteiger partial charge in [-0.25, -0.2) is 0 Å². The van der Waals surface area contributed by atoms with E-state index < -0.39 is 11.2 Å². The Morgan fingerprint density at radius 2 is 2.07 bits per heavy atom. The van der Waals surface area contributed by atoms with Gasteiger partial charge in [0, 0.05) is 11.6 Å². The van der Waals surface area contributed by atoms with Crippen molar-refractivity contribution in [1.82, 2.24) is 0 Å². The van der Waals surface area contributed by atoms with Crippen molar-refractivity contribution in [1.29, 1.82) is 0 Å². The minimum absolute atomic E-state index is 0.0395. The van der Waals surface area contributed by atoms with E-state index in [0.29, 0.717) is 6.29 Å². The molecule has 0 aliphatic heterocycles. The van der Waals surface area contributed by atoms with Crippen LogP contribution in [0.25, 0.3) is 0 Å². The number of aliphatic hydroxyl groups is 2. The van der Waals surface area contributed by atoms with E-state index in [0.717, 1.165) is 12.1 Å². The van der Waals surface area contributed by atoms with Gasteiger partial charge in [-0.2, -0.15) is 0 Å². The number of carbonyl (C=O) groups is 1. The average molecular weight is 197 g/mol. The maximum atomic E-state index is 10.4. The molecule has 2 N–H and O–H groups in total. The summed E-state index contributed by atoms with van der Waals surface area (Å²) in [5.41, 5.74) is -0.497. The van der Waals surface area contributed by atoms with Gasteiger partial charge in [0.15, 0.2) is 12.6 Å². The summed E-state index contributed by atoms with van der Waals surface area (Å²) in [5, 5.41) is 27.9. The molecule has 0 aliphatic carbocycles. The van der Waals surface area contributed by atoms with Crippen LogP contribution in [-0.4, -0.2) is 21.4 Å². The first-order chi connectivity index (χ1) is 6.56. The van der Waals surface area contributed by atoms with Crippen molar-refractivity contribution in [2.75, 3.05) is 0 Å². The molecule has 0 radical (unpaired) electrons. The molecule has 6 heteroatoms. The van der Waals surface area contributed by atoms with E-state index in [2.05, 4.69) is 0 Å². The largest absolute Gasteiger partial charge is 0.364 e. The highest BCUT2D eigenvalue weighted by Crippen LogP contribution is 2.20. The highest BCUT2D eigenvalue weighted by atomic mass is 16.6. The summed E-state index contributed by atoms with van der Waals surface area (Å²) in [5.74, 6) is 0. The molecule has 0 saturated carbocycles. The minimum Gasteiger partial charge on any atom is -0.364 e. The third-order valence-corrected chi connectivity index (χ3v) is 1.67. The van der Waals surface area contributed by atoms with Crippen LogP contribution >= 0.6 is 0 Å². The Morgan fingerprint density at radius 1 is 1.43 bits per heavy atom. The van der Waals surface area contributed by atoms with Gasteiger partial charge in [0.1, 0.15) is 0 Å². The molecule has 1 aromatic carbocycles. The van der Waals surface area contributed by atoms with Gasteiger partial charge in [0.05, 0.1) is 10.5 Å². The van der Waals surface area contributed by atoms with E-state index in [-0.39, 0.29) is 16.8 Å². The minimum atomic E-state index is -1.74. The smallest absolute Gasteiger partial charge is 0.279 e. The molecule has 0 atom stereocenters. The fraction of sp³-hybridized carbons (Fsp3) is 0.125. The number of benzene rings is 1. The zero-order valence-electron chi connectivity index (χ0n) is 6.95. The normalized spacial score (nSPS) is 10.2. The number of nitrogens with zero attached hydrogens (tertiary/aromatic N) is 1. The Hall–Kier alpha value is -1.79. The lowest BCUT2D eigenvalue weighted by Gasteiger charge is -2.03. The first-order valence-corrected chi connectivity index (χ1v) is 3.66. The lowest BCUT2D eigenvalue weighted by molar-refractivity contribution is -0.385. The van der Waals surface area contributed by atoms with Crippen molar-refractivity contribution >= 4 is 12.0 Å². The predicted molar refractivity (Wildman–Crippen MR) is 45.7 cm³/mol. The standard InChI is InChI=1S/C8H7NO5/c10-4-6-3-5(8(11)12)1-2-7(6)9(13)14/h1-4,8,11-12H. The van der Waals surface area contributed by atoms with Crippen LogP contribution in [0.3, 0.4) is 0 Å². The highest BCUT2D eigenvalue weighted by Gasteiger charge is 2.15. The van der Waals surface area contributed by atoms with Crippen molar-refractivity contribution in [3.05, 3.63) is 39.4 Å². The van der Waals surface area contributed by atoms with E-state index in [1.807, 2.05) is 0 Å². The zero-order valence-corrected chi connectivity index (χ0v) is 6.95. The van der Waals surface area contributed by atoms with Gasteiger partial charge in [-0.1, -0.05) is 0 Å². The molecule has 1 aromatic rings. The maximum absolute atomic E-state index is 10.4. The van der Waals surface area contributed by atoms with Crippen LogP contribution in [0.2, 0.25) is 0 Å². The van der Waals surface area contributed by atoms with E-state index in [4.69, 9.17) is 10.2 Å². The van der Waals surface area contributed by atoms with Gasteiger partial charge in [0.25, 0.3) is 5.69 Å². The SMILES string of the molecule is O=Cc1cc(C(O)O)ccc1[N+](=O)[O-]. The number of nitro groups is 1. The van der Waals surface area contributed by atoms with E-state index in [1.165, 1.54) is 6.07 Å². The first-order valence-electron chi connectivity index (χ1n) is 3.66. The Kier molecular flexibility index (Phi) is 2.90. The molecule has 0 unspecified atom stereocenters. The Bertz CT molecular complexity index is 374. The molecule has 0 saturated heterocycles. The van der Waals surface area contributed by atoms with Crippen molar-refractivity contribution < 1.29 is 19.9 Å². The summed E-state index contributed by atoms with van der Waals surface area (Å²) in [6, 6.07) is 3.30.